The van der Waals surface area contributed by atoms with Crippen LogP contribution < -0.4 is 5.32 Å². The summed E-state index contributed by atoms with van der Waals surface area (Å²) in [5.41, 5.74) is -0.678. The molecular formula is C15H27N5O2. The number of hydrogen-bond acceptors (Lipinski definition) is 5. The first kappa shape index (κ1) is 16.9. The first-order chi connectivity index (χ1) is 10.1. The summed E-state index contributed by atoms with van der Waals surface area (Å²) in [7, 11) is 0. The largest absolute Gasteiger partial charge is 0.382 e. The van der Waals surface area contributed by atoms with Crippen LogP contribution in [-0.4, -0.2) is 56.1 Å². The van der Waals surface area contributed by atoms with Gasteiger partial charge in [0, 0.05) is 24.7 Å². The number of nitrogens with zero attached hydrogens (tertiary/aromatic N) is 4. The average Bonchev–Trinajstić information content (AvgIpc) is 2.94. The predicted octanol–water partition coefficient (Wildman–Crippen LogP) is 0.667. The summed E-state index contributed by atoms with van der Waals surface area (Å²) in [6.45, 7) is 11.3. The van der Waals surface area contributed by atoms with Crippen LogP contribution in [-0.2, 0) is 10.4 Å². The molecule has 1 aliphatic heterocycles. The molecule has 0 bridgehead atoms. The number of nitrogens with one attached hydrogen (secondary N) is 1. The van der Waals surface area contributed by atoms with Crippen molar-refractivity contribution in [2.24, 2.45) is 0 Å². The van der Waals surface area contributed by atoms with E-state index >= 15 is 0 Å². The van der Waals surface area contributed by atoms with E-state index in [4.69, 9.17) is 0 Å². The molecule has 7 heteroatoms. The second-order valence-corrected chi connectivity index (χ2v) is 7.47. The lowest BCUT2D eigenvalue weighted by Gasteiger charge is -2.24. The van der Waals surface area contributed by atoms with E-state index < -0.39 is 5.60 Å². The number of hydrogen-bond donors (Lipinski definition) is 2. The van der Waals surface area contributed by atoms with Crippen molar-refractivity contribution in [2.45, 2.75) is 58.2 Å². The maximum Gasteiger partial charge on any atom is 0.234 e. The predicted molar refractivity (Wildman–Crippen MR) is 83.3 cm³/mol. The van der Waals surface area contributed by atoms with Crippen LogP contribution in [0.3, 0.4) is 0 Å². The molecule has 0 aromatic carbocycles. The highest BCUT2D eigenvalue weighted by atomic mass is 16.3. The van der Waals surface area contributed by atoms with Crippen LogP contribution >= 0.6 is 0 Å². The first-order valence-electron chi connectivity index (χ1n) is 7.77. The molecule has 0 radical (unpaired) electrons. The van der Waals surface area contributed by atoms with Crippen LogP contribution in [0.5, 0.6) is 0 Å². The minimum absolute atomic E-state index is 0.0254. The molecule has 0 aliphatic carbocycles. The van der Waals surface area contributed by atoms with Crippen molar-refractivity contribution >= 4 is 5.91 Å². The molecule has 1 amide bonds. The zero-order valence-electron chi connectivity index (χ0n) is 14.1. The molecule has 0 spiro atoms. The Balaban J connectivity index is 1.97. The van der Waals surface area contributed by atoms with Crippen molar-refractivity contribution in [3.8, 4) is 0 Å². The molecule has 7 nitrogen and oxygen atoms in total. The van der Waals surface area contributed by atoms with Gasteiger partial charge in [-0.05, 0) is 41.0 Å². The van der Waals surface area contributed by atoms with Crippen molar-refractivity contribution < 1.29 is 9.90 Å². The standard InChI is InChI=1S/C15H27N5O2/c1-11(2)20-8-12(17-18-20)15(22)6-7-19(10-15)9-13(21)16-14(3,4)5/h8,11,22H,6-7,9-10H2,1-5H3,(H,16,21)/t15-/m0/s1. The summed E-state index contributed by atoms with van der Waals surface area (Å²) < 4.78 is 1.74. The lowest BCUT2D eigenvalue weighted by Crippen LogP contribution is -2.46. The second kappa shape index (κ2) is 5.96. The minimum atomic E-state index is -1.02. The van der Waals surface area contributed by atoms with Gasteiger partial charge in [0.1, 0.15) is 11.3 Å². The Morgan fingerprint density at radius 1 is 1.50 bits per heavy atom. The number of likely N-dealkylation sites (tertiary alicyclic amines) is 1. The third kappa shape index (κ3) is 4.04. The molecule has 2 heterocycles. The van der Waals surface area contributed by atoms with Gasteiger partial charge in [0.15, 0.2) is 0 Å². The second-order valence-electron chi connectivity index (χ2n) is 7.47. The Bertz CT molecular complexity index is 534. The quantitative estimate of drug-likeness (QED) is 0.854. The van der Waals surface area contributed by atoms with Crippen LogP contribution in [0.1, 0.15) is 52.8 Å². The van der Waals surface area contributed by atoms with E-state index in [-0.39, 0.29) is 24.0 Å². The van der Waals surface area contributed by atoms with Crippen molar-refractivity contribution in [2.75, 3.05) is 19.6 Å². The molecular weight excluding hydrogens is 282 g/mol. The highest BCUT2D eigenvalue weighted by Crippen LogP contribution is 2.30. The van der Waals surface area contributed by atoms with E-state index in [1.807, 2.05) is 39.5 Å². The van der Waals surface area contributed by atoms with Crippen molar-refractivity contribution in [1.29, 1.82) is 0 Å². The average molecular weight is 309 g/mol. The maximum atomic E-state index is 12.0. The monoisotopic (exact) mass is 309 g/mol. The van der Waals surface area contributed by atoms with Gasteiger partial charge in [0.05, 0.1) is 12.7 Å². The lowest BCUT2D eigenvalue weighted by molar-refractivity contribution is -0.123. The molecule has 22 heavy (non-hydrogen) atoms. The summed E-state index contributed by atoms with van der Waals surface area (Å²) in [4.78, 5) is 13.9. The summed E-state index contributed by atoms with van der Waals surface area (Å²) >= 11 is 0. The van der Waals surface area contributed by atoms with Crippen LogP contribution in [0.4, 0.5) is 0 Å². The number of carbonyl (C=O) groups is 1. The molecule has 1 saturated heterocycles. The molecule has 0 unspecified atom stereocenters. The number of β-amino-alcohol motifs (C(OH)–C–C–N with tert-alkyl or cyclic N) is 1. The van der Waals surface area contributed by atoms with Crippen molar-refractivity contribution in [3.05, 3.63) is 11.9 Å². The molecule has 2 N–H and O–H groups in total. The van der Waals surface area contributed by atoms with Crippen LogP contribution in [0.2, 0.25) is 0 Å². The van der Waals surface area contributed by atoms with Gasteiger partial charge in [0.2, 0.25) is 5.91 Å². The Morgan fingerprint density at radius 2 is 2.18 bits per heavy atom. The number of aliphatic hydroxyl groups is 1. The molecule has 1 aromatic heterocycles. The molecule has 1 fully saturated rings. The highest BCUT2D eigenvalue weighted by Gasteiger charge is 2.40. The van der Waals surface area contributed by atoms with Gasteiger partial charge in [-0.25, -0.2) is 4.68 Å². The smallest absolute Gasteiger partial charge is 0.234 e. The van der Waals surface area contributed by atoms with E-state index in [9.17, 15) is 9.90 Å². The highest BCUT2D eigenvalue weighted by molar-refractivity contribution is 5.78. The van der Waals surface area contributed by atoms with Gasteiger partial charge in [0.25, 0.3) is 0 Å². The van der Waals surface area contributed by atoms with E-state index in [1.54, 1.807) is 10.9 Å². The van der Waals surface area contributed by atoms with Crippen LogP contribution in [0.25, 0.3) is 0 Å². The zero-order chi connectivity index (χ0) is 16.5. The minimum Gasteiger partial charge on any atom is -0.382 e. The third-order valence-electron chi connectivity index (χ3n) is 3.72. The fraction of sp³-hybridized carbons (Fsp3) is 0.800. The Kier molecular flexibility index (Phi) is 4.58. The van der Waals surface area contributed by atoms with Crippen LogP contribution in [0.15, 0.2) is 6.20 Å². The fourth-order valence-electron chi connectivity index (χ4n) is 2.62. The maximum absolute atomic E-state index is 12.0. The topological polar surface area (TPSA) is 83.3 Å². The zero-order valence-corrected chi connectivity index (χ0v) is 14.1. The third-order valence-corrected chi connectivity index (χ3v) is 3.72. The number of carbonyl (C=O) groups excluding carboxylic acids is 1. The summed E-state index contributed by atoms with van der Waals surface area (Å²) in [5.74, 6) is -0.0254. The van der Waals surface area contributed by atoms with Gasteiger partial charge in [-0.2, -0.15) is 0 Å². The van der Waals surface area contributed by atoms with Gasteiger partial charge < -0.3 is 10.4 Å². The molecule has 2 rings (SSSR count). The van der Waals surface area contributed by atoms with E-state index in [2.05, 4.69) is 15.6 Å². The van der Waals surface area contributed by atoms with Crippen molar-refractivity contribution in [3.63, 3.8) is 0 Å². The van der Waals surface area contributed by atoms with Gasteiger partial charge in [-0.3, -0.25) is 9.69 Å². The van der Waals surface area contributed by atoms with Gasteiger partial charge >= 0.3 is 0 Å². The summed E-state index contributed by atoms with van der Waals surface area (Å²) in [6.07, 6.45) is 2.36. The molecule has 124 valence electrons. The van der Waals surface area contributed by atoms with Crippen LogP contribution in [0, 0.1) is 0 Å². The molecule has 1 aromatic rings. The van der Waals surface area contributed by atoms with Gasteiger partial charge in [-0.15, -0.1) is 5.10 Å². The number of aromatic nitrogens is 3. The molecule has 1 atom stereocenters. The first-order valence-corrected chi connectivity index (χ1v) is 7.77. The van der Waals surface area contributed by atoms with E-state index in [1.165, 1.54) is 0 Å². The Hall–Kier alpha value is -1.47. The molecule has 1 aliphatic rings. The summed E-state index contributed by atoms with van der Waals surface area (Å²) in [5, 5.41) is 21.9. The van der Waals surface area contributed by atoms with E-state index in [0.717, 1.165) is 0 Å². The SMILES string of the molecule is CC(C)n1cc([C@]2(O)CCN(CC(=O)NC(C)(C)C)C2)nn1. The number of rotatable bonds is 4. The Morgan fingerprint density at radius 3 is 2.73 bits per heavy atom. The lowest BCUT2D eigenvalue weighted by atomic mass is 10.00. The normalized spacial score (nSPS) is 23.2. The van der Waals surface area contributed by atoms with Gasteiger partial charge in [-0.1, -0.05) is 5.21 Å². The molecule has 0 saturated carbocycles. The summed E-state index contributed by atoms with van der Waals surface area (Å²) in [6, 6.07) is 0.208. The van der Waals surface area contributed by atoms with Crippen molar-refractivity contribution in [1.82, 2.24) is 25.2 Å². The number of amides is 1. The fourth-order valence-corrected chi connectivity index (χ4v) is 2.62. The Labute approximate surface area is 131 Å². The van der Waals surface area contributed by atoms with E-state index in [0.29, 0.717) is 25.2 Å².